The molecule has 3 nitrogen and oxygen atoms in total. The zero-order chi connectivity index (χ0) is 11.0. The van der Waals surface area contributed by atoms with E-state index in [0.29, 0.717) is 0 Å². The second-order valence-electron chi connectivity index (χ2n) is 3.70. The van der Waals surface area contributed by atoms with E-state index in [1.165, 1.54) is 0 Å². The highest BCUT2D eigenvalue weighted by Gasteiger charge is 2.12. The number of nitrogens with zero attached hydrogens (tertiary/aromatic N) is 1. The standard InChI is InChI=1S/C12H15NO2/c1-8(14)11-7-9-10(13(11)2)5-4-6-12(9)15-3/h4-8,14H,1-3H3. The van der Waals surface area contributed by atoms with Gasteiger partial charge >= 0.3 is 0 Å². The van der Waals surface area contributed by atoms with Crippen molar-refractivity contribution in [3.63, 3.8) is 0 Å². The van der Waals surface area contributed by atoms with Crippen LogP contribution in [0.1, 0.15) is 18.7 Å². The third kappa shape index (κ3) is 1.49. The monoisotopic (exact) mass is 205 g/mol. The number of fused-ring (bicyclic) bond motifs is 1. The number of methoxy groups -OCH3 is 1. The molecule has 1 unspecified atom stereocenters. The Kier molecular flexibility index (Phi) is 2.40. The quantitative estimate of drug-likeness (QED) is 0.815. The maximum Gasteiger partial charge on any atom is 0.128 e. The summed E-state index contributed by atoms with van der Waals surface area (Å²) in [6.07, 6.45) is -0.466. The lowest BCUT2D eigenvalue weighted by Crippen LogP contribution is -1.99. The molecule has 15 heavy (non-hydrogen) atoms. The molecule has 1 aromatic carbocycles. The van der Waals surface area contributed by atoms with Gasteiger partial charge in [0.2, 0.25) is 0 Å². The molecule has 3 heteroatoms. The highest BCUT2D eigenvalue weighted by Crippen LogP contribution is 2.30. The van der Waals surface area contributed by atoms with Crippen molar-refractivity contribution in [1.29, 1.82) is 0 Å². The first-order chi connectivity index (χ1) is 7.15. The maximum absolute atomic E-state index is 9.61. The second kappa shape index (κ2) is 3.59. The molecule has 80 valence electrons. The Morgan fingerprint density at radius 2 is 2.13 bits per heavy atom. The van der Waals surface area contributed by atoms with E-state index in [2.05, 4.69) is 0 Å². The third-order valence-corrected chi connectivity index (χ3v) is 2.73. The van der Waals surface area contributed by atoms with Crippen LogP contribution < -0.4 is 4.74 Å². The van der Waals surface area contributed by atoms with Gasteiger partial charge in [-0.2, -0.15) is 0 Å². The SMILES string of the molecule is COc1cccc2c1cc(C(C)O)n2C. The molecule has 0 radical (unpaired) electrons. The van der Waals surface area contributed by atoms with Crippen LogP contribution in [-0.4, -0.2) is 16.8 Å². The van der Waals surface area contributed by atoms with Crippen molar-refractivity contribution in [2.75, 3.05) is 7.11 Å². The van der Waals surface area contributed by atoms with Gasteiger partial charge in [-0.15, -0.1) is 0 Å². The number of aliphatic hydroxyl groups is 1. The molecule has 0 amide bonds. The van der Waals surface area contributed by atoms with Crippen LogP contribution in [0.25, 0.3) is 10.9 Å². The van der Waals surface area contributed by atoms with E-state index < -0.39 is 6.10 Å². The lowest BCUT2D eigenvalue weighted by atomic mass is 10.2. The minimum absolute atomic E-state index is 0.466. The third-order valence-electron chi connectivity index (χ3n) is 2.73. The van der Waals surface area contributed by atoms with Crippen LogP contribution in [0.4, 0.5) is 0 Å². The molecule has 0 saturated carbocycles. The van der Waals surface area contributed by atoms with Crippen LogP contribution in [0.15, 0.2) is 24.3 Å². The molecule has 1 heterocycles. The fourth-order valence-corrected chi connectivity index (χ4v) is 1.93. The molecule has 0 aliphatic heterocycles. The summed E-state index contributed by atoms with van der Waals surface area (Å²) >= 11 is 0. The molecule has 1 atom stereocenters. The van der Waals surface area contributed by atoms with Crippen molar-refractivity contribution in [1.82, 2.24) is 4.57 Å². The van der Waals surface area contributed by atoms with Crippen molar-refractivity contribution < 1.29 is 9.84 Å². The molecule has 0 fully saturated rings. The summed E-state index contributed by atoms with van der Waals surface area (Å²) < 4.78 is 7.27. The van der Waals surface area contributed by atoms with Gasteiger partial charge in [0.15, 0.2) is 0 Å². The summed E-state index contributed by atoms with van der Waals surface area (Å²) in [6.45, 7) is 1.76. The topological polar surface area (TPSA) is 34.4 Å². The minimum Gasteiger partial charge on any atom is -0.496 e. The molecule has 1 aromatic heterocycles. The van der Waals surface area contributed by atoms with Gasteiger partial charge in [0.05, 0.1) is 18.7 Å². The first kappa shape index (κ1) is 10.1. The number of aromatic nitrogens is 1. The first-order valence-corrected chi connectivity index (χ1v) is 4.95. The van der Waals surface area contributed by atoms with E-state index in [1.54, 1.807) is 14.0 Å². The maximum atomic E-state index is 9.61. The Morgan fingerprint density at radius 1 is 1.40 bits per heavy atom. The van der Waals surface area contributed by atoms with Crippen LogP contribution in [0.2, 0.25) is 0 Å². The normalized spacial score (nSPS) is 13.1. The van der Waals surface area contributed by atoms with Crippen molar-refractivity contribution >= 4 is 10.9 Å². The van der Waals surface area contributed by atoms with Gasteiger partial charge in [-0.25, -0.2) is 0 Å². The average Bonchev–Trinajstić information content (AvgIpc) is 2.56. The molecule has 2 aromatic rings. The number of benzene rings is 1. The minimum atomic E-state index is -0.466. The molecule has 0 bridgehead atoms. The van der Waals surface area contributed by atoms with E-state index in [0.717, 1.165) is 22.3 Å². The van der Waals surface area contributed by atoms with Crippen molar-refractivity contribution in [2.24, 2.45) is 7.05 Å². The Balaban J connectivity index is 2.75. The molecule has 1 N–H and O–H groups in total. The second-order valence-corrected chi connectivity index (χ2v) is 3.70. The lowest BCUT2D eigenvalue weighted by Gasteiger charge is -2.06. The molecular formula is C12H15NO2. The van der Waals surface area contributed by atoms with E-state index in [1.807, 2.05) is 35.9 Å². The Hall–Kier alpha value is -1.48. The van der Waals surface area contributed by atoms with Gasteiger partial charge < -0.3 is 14.4 Å². The number of hydrogen-bond acceptors (Lipinski definition) is 2. The van der Waals surface area contributed by atoms with Gasteiger partial charge in [-0.1, -0.05) is 6.07 Å². The van der Waals surface area contributed by atoms with Crippen molar-refractivity contribution in [3.05, 3.63) is 30.0 Å². The van der Waals surface area contributed by atoms with Crippen LogP contribution in [0, 0.1) is 0 Å². The van der Waals surface area contributed by atoms with E-state index in [-0.39, 0.29) is 0 Å². The highest BCUT2D eigenvalue weighted by molar-refractivity contribution is 5.87. The molecule has 0 saturated heterocycles. The molecule has 0 aliphatic rings. The summed E-state index contributed by atoms with van der Waals surface area (Å²) in [5.41, 5.74) is 1.97. The molecule has 0 spiro atoms. The zero-order valence-electron chi connectivity index (χ0n) is 9.19. The average molecular weight is 205 g/mol. The van der Waals surface area contributed by atoms with Crippen molar-refractivity contribution in [2.45, 2.75) is 13.0 Å². The van der Waals surface area contributed by atoms with E-state index in [4.69, 9.17) is 4.74 Å². The summed E-state index contributed by atoms with van der Waals surface area (Å²) in [6, 6.07) is 7.86. The summed E-state index contributed by atoms with van der Waals surface area (Å²) in [5, 5.41) is 10.6. The predicted octanol–water partition coefficient (Wildman–Crippen LogP) is 2.24. The highest BCUT2D eigenvalue weighted by atomic mass is 16.5. The van der Waals surface area contributed by atoms with Crippen LogP contribution in [0.5, 0.6) is 5.75 Å². The van der Waals surface area contributed by atoms with Gasteiger partial charge in [0.25, 0.3) is 0 Å². The first-order valence-electron chi connectivity index (χ1n) is 4.95. The number of aliphatic hydroxyl groups excluding tert-OH is 1. The Labute approximate surface area is 88.9 Å². The van der Waals surface area contributed by atoms with Gasteiger partial charge in [0.1, 0.15) is 5.75 Å². The Morgan fingerprint density at radius 3 is 2.73 bits per heavy atom. The Bertz CT molecular complexity index is 486. The molecular weight excluding hydrogens is 190 g/mol. The van der Waals surface area contributed by atoms with Gasteiger partial charge in [-0.05, 0) is 25.1 Å². The summed E-state index contributed by atoms with van der Waals surface area (Å²) in [5.74, 6) is 0.843. The number of rotatable bonds is 2. The smallest absolute Gasteiger partial charge is 0.128 e. The number of hydrogen-bond donors (Lipinski definition) is 1. The van der Waals surface area contributed by atoms with E-state index >= 15 is 0 Å². The fraction of sp³-hybridized carbons (Fsp3) is 0.333. The summed E-state index contributed by atoms with van der Waals surface area (Å²) in [4.78, 5) is 0. The number of ether oxygens (including phenoxy) is 1. The summed E-state index contributed by atoms with van der Waals surface area (Å²) in [7, 11) is 3.60. The lowest BCUT2D eigenvalue weighted by molar-refractivity contribution is 0.191. The largest absolute Gasteiger partial charge is 0.496 e. The molecule has 2 rings (SSSR count). The zero-order valence-corrected chi connectivity index (χ0v) is 9.19. The molecule has 0 aliphatic carbocycles. The van der Waals surface area contributed by atoms with Gasteiger partial charge in [0, 0.05) is 18.1 Å². The fourth-order valence-electron chi connectivity index (χ4n) is 1.93. The van der Waals surface area contributed by atoms with E-state index in [9.17, 15) is 5.11 Å². The van der Waals surface area contributed by atoms with Gasteiger partial charge in [-0.3, -0.25) is 0 Å². The van der Waals surface area contributed by atoms with Crippen LogP contribution >= 0.6 is 0 Å². The number of aryl methyl sites for hydroxylation is 1. The van der Waals surface area contributed by atoms with Crippen LogP contribution in [-0.2, 0) is 7.05 Å². The van der Waals surface area contributed by atoms with Crippen molar-refractivity contribution in [3.8, 4) is 5.75 Å². The van der Waals surface area contributed by atoms with Crippen LogP contribution in [0.3, 0.4) is 0 Å². The predicted molar refractivity (Wildman–Crippen MR) is 60.1 cm³/mol.